The van der Waals surface area contributed by atoms with E-state index in [1.165, 1.54) is 19.3 Å². The minimum absolute atomic E-state index is 0.403. The summed E-state index contributed by atoms with van der Waals surface area (Å²) in [4.78, 5) is 14.6. The molecule has 5 heteroatoms. The van der Waals surface area contributed by atoms with Crippen LogP contribution in [0.25, 0.3) is 6.08 Å². The standard InChI is InChI=1S/C24H28N2O3/c1-19(26-15-7-4-8-16-26)11-12-21-13-14-22(28-2)17-23(21)29-24(27)25-18-20-9-5-3-6-10-20/h3,5-6,9-14,17H,1,4,7-8,15-16,18H2,2H3,(H,25,27)/b12-11+. The zero-order chi connectivity index (χ0) is 20.5. The molecule has 0 atom stereocenters. The molecule has 1 N–H and O–H groups in total. The first-order valence-corrected chi connectivity index (χ1v) is 9.95. The van der Waals surface area contributed by atoms with Gasteiger partial charge < -0.3 is 19.7 Å². The number of methoxy groups -OCH3 is 1. The first kappa shape index (κ1) is 20.5. The van der Waals surface area contributed by atoms with E-state index in [4.69, 9.17) is 9.47 Å². The molecule has 5 nitrogen and oxygen atoms in total. The van der Waals surface area contributed by atoms with Crippen molar-refractivity contribution in [2.24, 2.45) is 0 Å². The van der Waals surface area contributed by atoms with Crippen LogP contribution in [0.5, 0.6) is 11.5 Å². The van der Waals surface area contributed by atoms with Crippen molar-refractivity contribution in [1.82, 2.24) is 10.2 Å². The summed E-state index contributed by atoms with van der Waals surface area (Å²) in [5.41, 5.74) is 2.77. The highest BCUT2D eigenvalue weighted by Gasteiger charge is 2.12. The summed E-state index contributed by atoms with van der Waals surface area (Å²) in [7, 11) is 1.59. The van der Waals surface area contributed by atoms with Crippen molar-refractivity contribution in [3.63, 3.8) is 0 Å². The molecule has 0 unspecified atom stereocenters. The normalized spacial score (nSPS) is 13.9. The van der Waals surface area contributed by atoms with Gasteiger partial charge in [0.2, 0.25) is 0 Å². The molecule has 1 amide bonds. The van der Waals surface area contributed by atoms with Crippen LogP contribution in [-0.4, -0.2) is 31.2 Å². The van der Waals surface area contributed by atoms with Crippen molar-refractivity contribution in [3.05, 3.63) is 78.0 Å². The van der Waals surface area contributed by atoms with E-state index in [0.29, 0.717) is 18.0 Å². The van der Waals surface area contributed by atoms with E-state index in [-0.39, 0.29) is 0 Å². The fraction of sp³-hybridized carbons (Fsp3) is 0.292. The summed E-state index contributed by atoms with van der Waals surface area (Å²) in [6, 6.07) is 15.1. The second kappa shape index (κ2) is 10.4. The van der Waals surface area contributed by atoms with Crippen molar-refractivity contribution >= 4 is 12.2 Å². The molecule has 2 aromatic rings. The maximum Gasteiger partial charge on any atom is 0.412 e. The molecule has 1 aliphatic heterocycles. The summed E-state index contributed by atoms with van der Waals surface area (Å²) in [6.45, 7) is 6.66. The number of likely N-dealkylation sites (tertiary alicyclic amines) is 1. The Morgan fingerprint density at radius 2 is 1.90 bits per heavy atom. The lowest BCUT2D eigenvalue weighted by atomic mass is 10.1. The second-order valence-electron chi connectivity index (χ2n) is 7.00. The van der Waals surface area contributed by atoms with Crippen LogP contribution in [-0.2, 0) is 6.54 Å². The van der Waals surface area contributed by atoms with E-state index in [1.807, 2.05) is 54.6 Å². The van der Waals surface area contributed by atoms with Crippen molar-refractivity contribution in [3.8, 4) is 11.5 Å². The highest BCUT2D eigenvalue weighted by atomic mass is 16.6. The lowest BCUT2D eigenvalue weighted by Crippen LogP contribution is -2.27. The van der Waals surface area contributed by atoms with Gasteiger partial charge in [-0.2, -0.15) is 0 Å². The maximum atomic E-state index is 12.3. The molecular formula is C24H28N2O3. The number of allylic oxidation sites excluding steroid dienone is 1. The fourth-order valence-corrected chi connectivity index (χ4v) is 3.25. The van der Waals surface area contributed by atoms with Crippen LogP contribution in [0, 0.1) is 0 Å². The first-order valence-electron chi connectivity index (χ1n) is 9.95. The Bertz CT molecular complexity index is 856. The van der Waals surface area contributed by atoms with Crippen molar-refractivity contribution < 1.29 is 14.3 Å². The molecule has 0 bridgehead atoms. The number of rotatable bonds is 7. The monoisotopic (exact) mass is 392 g/mol. The van der Waals surface area contributed by atoms with E-state index >= 15 is 0 Å². The van der Waals surface area contributed by atoms with Crippen molar-refractivity contribution in [2.75, 3.05) is 20.2 Å². The minimum Gasteiger partial charge on any atom is -0.497 e. The Kier molecular flexibility index (Phi) is 7.34. The average Bonchev–Trinajstić information content (AvgIpc) is 2.78. The molecule has 1 heterocycles. The van der Waals surface area contributed by atoms with E-state index in [2.05, 4.69) is 16.8 Å². The van der Waals surface area contributed by atoms with Gasteiger partial charge in [-0.3, -0.25) is 0 Å². The van der Waals surface area contributed by atoms with Crippen LogP contribution in [0.4, 0.5) is 4.79 Å². The largest absolute Gasteiger partial charge is 0.497 e. The maximum absolute atomic E-state index is 12.3. The number of ether oxygens (including phenoxy) is 2. The van der Waals surface area contributed by atoms with Gasteiger partial charge >= 0.3 is 6.09 Å². The van der Waals surface area contributed by atoms with Crippen LogP contribution in [0.3, 0.4) is 0 Å². The van der Waals surface area contributed by atoms with Crippen molar-refractivity contribution in [1.29, 1.82) is 0 Å². The average molecular weight is 392 g/mol. The third-order valence-electron chi connectivity index (χ3n) is 4.92. The Morgan fingerprint density at radius 1 is 1.14 bits per heavy atom. The van der Waals surface area contributed by atoms with Crippen LogP contribution in [0.1, 0.15) is 30.4 Å². The van der Waals surface area contributed by atoms with Gasteiger partial charge in [0.05, 0.1) is 7.11 Å². The smallest absolute Gasteiger partial charge is 0.412 e. The Balaban J connectivity index is 1.67. The number of hydrogen-bond acceptors (Lipinski definition) is 4. The molecule has 0 aliphatic carbocycles. The molecule has 29 heavy (non-hydrogen) atoms. The number of nitrogens with zero attached hydrogens (tertiary/aromatic N) is 1. The first-order chi connectivity index (χ1) is 14.2. The number of carbonyl (C=O) groups excluding carboxylic acids is 1. The van der Waals surface area contributed by atoms with Gasteiger partial charge in [0.25, 0.3) is 0 Å². The Labute approximate surface area is 172 Å². The summed E-state index contributed by atoms with van der Waals surface area (Å²) in [5, 5.41) is 2.78. The van der Waals surface area contributed by atoms with Gasteiger partial charge in [-0.15, -0.1) is 0 Å². The van der Waals surface area contributed by atoms with Crippen LogP contribution in [0.15, 0.2) is 66.9 Å². The van der Waals surface area contributed by atoms with Gasteiger partial charge in [0.1, 0.15) is 11.5 Å². The number of hydrogen-bond donors (Lipinski definition) is 1. The van der Waals surface area contributed by atoms with Crippen LogP contribution < -0.4 is 14.8 Å². The predicted molar refractivity (Wildman–Crippen MR) is 116 cm³/mol. The van der Waals surface area contributed by atoms with Gasteiger partial charge in [-0.25, -0.2) is 4.79 Å². The number of nitrogens with one attached hydrogen (secondary N) is 1. The summed E-state index contributed by atoms with van der Waals surface area (Å²) < 4.78 is 10.8. The second-order valence-corrected chi connectivity index (χ2v) is 7.00. The van der Waals surface area contributed by atoms with Crippen molar-refractivity contribution in [2.45, 2.75) is 25.8 Å². The molecule has 1 fully saturated rings. The predicted octanol–water partition coefficient (Wildman–Crippen LogP) is 5.00. The lowest BCUT2D eigenvalue weighted by Gasteiger charge is -2.29. The zero-order valence-corrected chi connectivity index (χ0v) is 16.9. The van der Waals surface area contributed by atoms with E-state index in [1.54, 1.807) is 13.2 Å². The quantitative estimate of drug-likeness (QED) is 0.674. The number of amides is 1. The molecule has 0 radical (unpaired) electrons. The van der Waals surface area contributed by atoms with E-state index < -0.39 is 6.09 Å². The van der Waals surface area contributed by atoms with Gasteiger partial charge in [-0.05, 0) is 49.1 Å². The van der Waals surface area contributed by atoms with Crippen LogP contribution in [0.2, 0.25) is 0 Å². The molecular weight excluding hydrogens is 364 g/mol. The zero-order valence-electron chi connectivity index (χ0n) is 16.9. The van der Waals surface area contributed by atoms with Crippen LogP contribution >= 0.6 is 0 Å². The van der Waals surface area contributed by atoms with E-state index in [0.717, 1.165) is 29.9 Å². The lowest BCUT2D eigenvalue weighted by molar-refractivity contribution is 0.199. The fourth-order valence-electron chi connectivity index (χ4n) is 3.25. The molecule has 0 spiro atoms. The molecule has 3 rings (SSSR count). The van der Waals surface area contributed by atoms with E-state index in [9.17, 15) is 4.79 Å². The summed E-state index contributed by atoms with van der Waals surface area (Å²) in [6.07, 6.45) is 7.07. The Morgan fingerprint density at radius 3 is 2.62 bits per heavy atom. The number of carbonyl (C=O) groups is 1. The summed E-state index contributed by atoms with van der Waals surface area (Å²) >= 11 is 0. The molecule has 152 valence electrons. The SMILES string of the molecule is C=C(/C=C/c1ccc(OC)cc1OC(=O)NCc1ccccc1)N1CCCCC1. The number of piperidine rings is 1. The molecule has 2 aromatic carbocycles. The Hall–Kier alpha value is -3.21. The third kappa shape index (κ3) is 6.14. The molecule has 1 saturated heterocycles. The highest BCUT2D eigenvalue weighted by molar-refractivity contribution is 5.73. The topological polar surface area (TPSA) is 50.8 Å². The van der Waals surface area contributed by atoms with Gasteiger partial charge in [-0.1, -0.05) is 36.9 Å². The molecule has 0 aromatic heterocycles. The minimum atomic E-state index is -0.508. The molecule has 0 saturated carbocycles. The van der Waals surface area contributed by atoms with Gasteiger partial charge in [0.15, 0.2) is 0 Å². The number of benzene rings is 2. The third-order valence-corrected chi connectivity index (χ3v) is 4.92. The van der Waals surface area contributed by atoms with Gasteiger partial charge in [0, 0.05) is 37.0 Å². The highest BCUT2D eigenvalue weighted by Crippen LogP contribution is 2.27. The summed E-state index contributed by atoms with van der Waals surface area (Å²) in [5.74, 6) is 1.07. The molecule has 1 aliphatic rings.